The number of carboxylic acids is 1. The summed E-state index contributed by atoms with van der Waals surface area (Å²) in [6.07, 6.45) is 1.37. The molecule has 1 aliphatic rings. The largest absolute Gasteiger partial charge is 0.495 e. The number of nitrogens with zero attached hydrogens (tertiary/aromatic N) is 1. The van der Waals surface area contributed by atoms with Gasteiger partial charge in [-0.25, -0.2) is 4.79 Å². The smallest absolute Gasteiger partial charge is 0.336 e. The number of amides is 3. The first-order valence-electron chi connectivity index (χ1n) is 10.1. The summed E-state index contributed by atoms with van der Waals surface area (Å²) in [4.78, 5) is 49.9. The predicted molar refractivity (Wildman–Crippen MR) is 130 cm³/mol. The maximum absolute atomic E-state index is 12.7. The number of anilines is 1. The van der Waals surface area contributed by atoms with Crippen LogP contribution in [-0.4, -0.2) is 46.7 Å². The molecule has 35 heavy (non-hydrogen) atoms. The number of aromatic carboxylic acids is 1. The second-order valence-electron chi connectivity index (χ2n) is 7.22. The van der Waals surface area contributed by atoms with Gasteiger partial charge in [0.05, 0.1) is 22.6 Å². The molecule has 178 valence electrons. The van der Waals surface area contributed by atoms with Gasteiger partial charge in [0.2, 0.25) is 5.91 Å². The normalized spacial score (nSPS) is 14.5. The van der Waals surface area contributed by atoms with Gasteiger partial charge in [-0.2, -0.15) is 0 Å². The Bertz CT molecular complexity index is 1380. The van der Waals surface area contributed by atoms with Gasteiger partial charge in [-0.15, -0.1) is 0 Å². The van der Waals surface area contributed by atoms with Crippen molar-refractivity contribution in [3.05, 3.63) is 75.8 Å². The van der Waals surface area contributed by atoms with Gasteiger partial charge in [-0.05, 0) is 48.2 Å². The van der Waals surface area contributed by atoms with Gasteiger partial charge < -0.3 is 19.6 Å². The van der Waals surface area contributed by atoms with Gasteiger partial charge in [0.1, 0.15) is 23.8 Å². The van der Waals surface area contributed by atoms with Crippen LogP contribution in [0.25, 0.3) is 17.4 Å². The Labute approximate surface area is 208 Å². The van der Waals surface area contributed by atoms with Crippen LogP contribution in [0.5, 0.6) is 5.75 Å². The van der Waals surface area contributed by atoms with Crippen LogP contribution in [0.4, 0.5) is 10.5 Å². The molecule has 0 spiro atoms. The lowest BCUT2D eigenvalue weighted by Crippen LogP contribution is -2.36. The molecule has 1 saturated heterocycles. The second kappa shape index (κ2) is 10.1. The fourth-order valence-electron chi connectivity index (χ4n) is 3.31. The van der Waals surface area contributed by atoms with Crippen LogP contribution >= 0.6 is 23.4 Å². The molecule has 0 aliphatic carbocycles. The van der Waals surface area contributed by atoms with Gasteiger partial charge in [0.15, 0.2) is 0 Å². The molecule has 0 radical (unpaired) electrons. The highest BCUT2D eigenvalue weighted by molar-refractivity contribution is 8.18. The minimum absolute atomic E-state index is 0.0675. The number of hydrogen-bond acceptors (Lipinski definition) is 7. The number of ether oxygens (including phenoxy) is 1. The van der Waals surface area contributed by atoms with Crippen LogP contribution in [0.15, 0.2) is 63.9 Å². The molecule has 2 heterocycles. The second-order valence-corrected chi connectivity index (χ2v) is 8.62. The van der Waals surface area contributed by atoms with E-state index in [0.717, 1.165) is 4.90 Å². The molecule has 4 rings (SSSR count). The van der Waals surface area contributed by atoms with Crippen molar-refractivity contribution in [1.82, 2.24) is 4.90 Å². The van der Waals surface area contributed by atoms with E-state index in [0.29, 0.717) is 39.5 Å². The zero-order chi connectivity index (χ0) is 25.1. The van der Waals surface area contributed by atoms with E-state index in [1.807, 2.05) is 0 Å². The highest BCUT2D eigenvalue weighted by Gasteiger charge is 2.36. The standard InChI is InChI=1S/C24H17ClN2O7S/c1-33-19-8-6-13(10-17(19)25)26-21(28)12-27-22(29)20(35-24(27)32)11-14-7-9-18(34-14)15-4-2-3-5-16(15)23(30)31/h2-11H,12H2,1H3,(H,26,28)(H,30,31)/b20-11-. The minimum atomic E-state index is -1.10. The van der Waals surface area contributed by atoms with Gasteiger partial charge in [0, 0.05) is 17.3 Å². The van der Waals surface area contributed by atoms with Gasteiger partial charge in [0.25, 0.3) is 11.1 Å². The number of methoxy groups -OCH3 is 1. The Kier molecular flexibility index (Phi) is 6.94. The number of rotatable bonds is 7. The topological polar surface area (TPSA) is 126 Å². The summed E-state index contributed by atoms with van der Waals surface area (Å²) in [6, 6.07) is 14.1. The zero-order valence-corrected chi connectivity index (χ0v) is 19.7. The molecule has 3 aromatic rings. The number of hydrogen-bond donors (Lipinski definition) is 2. The third kappa shape index (κ3) is 5.23. The van der Waals surface area contributed by atoms with Crippen LogP contribution in [0.3, 0.4) is 0 Å². The van der Waals surface area contributed by atoms with E-state index in [1.54, 1.807) is 42.5 Å². The third-order valence-corrected chi connectivity index (χ3v) is 6.14. The number of carboxylic acid groups (broad SMARTS) is 1. The first-order chi connectivity index (χ1) is 16.8. The third-order valence-electron chi connectivity index (χ3n) is 4.93. The van der Waals surface area contributed by atoms with Crippen LogP contribution in [0.2, 0.25) is 5.02 Å². The number of nitrogens with one attached hydrogen (secondary N) is 1. The predicted octanol–water partition coefficient (Wildman–Crippen LogP) is 4.98. The molecule has 0 bridgehead atoms. The lowest BCUT2D eigenvalue weighted by Gasteiger charge is -2.13. The molecule has 0 unspecified atom stereocenters. The molecule has 1 aliphatic heterocycles. The Morgan fingerprint density at radius 2 is 1.94 bits per heavy atom. The van der Waals surface area contributed by atoms with E-state index >= 15 is 0 Å². The number of imide groups is 1. The lowest BCUT2D eigenvalue weighted by molar-refractivity contribution is -0.127. The number of carbonyl (C=O) groups is 4. The van der Waals surface area contributed by atoms with Gasteiger partial charge in [-0.3, -0.25) is 19.3 Å². The van der Waals surface area contributed by atoms with Crippen LogP contribution < -0.4 is 10.1 Å². The minimum Gasteiger partial charge on any atom is -0.495 e. The molecule has 3 amide bonds. The summed E-state index contributed by atoms with van der Waals surface area (Å²) in [5.74, 6) is -1.34. The first kappa shape index (κ1) is 24.1. The van der Waals surface area contributed by atoms with Crippen LogP contribution in [0, 0.1) is 0 Å². The fourth-order valence-corrected chi connectivity index (χ4v) is 4.39. The molecule has 0 saturated carbocycles. The van der Waals surface area contributed by atoms with E-state index in [1.165, 1.54) is 25.3 Å². The fraction of sp³-hybridized carbons (Fsp3) is 0.0833. The maximum atomic E-state index is 12.7. The van der Waals surface area contributed by atoms with Crippen molar-refractivity contribution in [1.29, 1.82) is 0 Å². The lowest BCUT2D eigenvalue weighted by atomic mass is 10.1. The number of benzene rings is 2. The number of carbonyl (C=O) groups excluding carboxylic acids is 3. The summed E-state index contributed by atoms with van der Waals surface area (Å²) in [5.41, 5.74) is 0.828. The van der Waals surface area contributed by atoms with Gasteiger partial charge >= 0.3 is 5.97 Å². The van der Waals surface area contributed by atoms with E-state index in [9.17, 15) is 24.3 Å². The van der Waals surface area contributed by atoms with Crippen molar-refractivity contribution in [3.8, 4) is 17.1 Å². The molecule has 2 N–H and O–H groups in total. The first-order valence-corrected chi connectivity index (χ1v) is 11.3. The molecular weight excluding hydrogens is 496 g/mol. The van der Waals surface area contributed by atoms with Crippen molar-refractivity contribution in [2.45, 2.75) is 0 Å². The summed E-state index contributed by atoms with van der Waals surface area (Å²) in [5, 5.41) is 11.6. The molecule has 2 aromatic carbocycles. The molecule has 1 aromatic heterocycles. The Balaban J connectivity index is 1.46. The summed E-state index contributed by atoms with van der Waals surface area (Å²) in [6.45, 7) is -0.485. The average Bonchev–Trinajstić information content (AvgIpc) is 3.39. The molecule has 1 fully saturated rings. The number of furan rings is 1. The molecule has 11 heteroatoms. The maximum Gasteiger partial charge on any atom is 0.336 e. The average molecular weight is 513 g/mol. The van der Waals surface area contributed by atoms with Crippen molar-refractivity contribution in [2.24, 2.45) is 0 Å². The molecule has 0 atom stereocenters. The monoisotopic (exact) mass is 512 g/mol. The number of thioether (sulfide) groups is 1. The number of halogens is 1. The Morgan fingerprint density at radius 3 is 2.66 bits per heavy atom. The molecule has 9 nitrogen and oxygen atoms in total. The highest BCUT2D eigenvalue weighted by atomic mass is 35.5. The van der Waals surface area contributed by atoms with Gasteiger partial charge in [-0.1, -0.05) is 29.8 Å². The molecular formula is C24H17ClN2O7S. The summed E-state index contributed by atoms with van der Waals surface area (Å²) in [7, 11) is 1.46. The van der Waals surface area contributed by atoms with E-state index in [-0.39, 0.29) is 16.2 Å². The summed E-state index contributed by atoms with van der Waals surface area (Å²) >= 11 is 6.72. The van der Waals surface area contributed by atoms with E-state index in [2.05, 4.69) is 5.32 Å². The van der Waals surface area contributed by atoms with Crippen molar-refractivity contribution < 1.29 is 33.4 Å². The van der Waals surface area contributed by atoms with E-state index in [4.69, 9.17) is 20.8 Å². The Morgan fingerprint density at radius 1 is 1.17 bits per heavy atom. The zero-order valence-electron chi connectivity index (χ0n) is 18.1. The quantitative estimate of drug-likeness (QED) is 0.424. The van der Waals surface area contributed by atoms with Crippen molar-refractivity contribution >= 4 is 58.1 Å². The van der Waals surface area contributed by atoms with Crippen LogP contribution in [0.1, 0.15) is 16.1 Å². The van der Waals surface area contributed by atoms with Crippen LogP contribution in [-0.2, 0) is 9.59 Å². The van der Waals surface area contributed by atoms with Crippen molar-refractivity contribution in [3.63, 3.8) is 0 Å². The summed E-state index contributed by atoms with van der Waals surface area (Å²) < 4.78 is 10.8. The SMILES string of the molecule is COc1ccc(NC(=O)CN2C(=O)S/C(=C\c3ccc(-c4ccccc4C(=O)O)o3)C2=O)cc1Cl. The highest BCUT2D eigenvalue weighted by Crippen LogP contribution is 2.34. The Hall–Kier alpha value is -4.02. The van der Waals surface area contributed by atoms with E-state index < -0.39 is 29.6 Å². The van der Waals surface area contributed by atoms with Crippen molar-refractivity contribution in [2.75, 3.05) is 19.0 Å².